The molecule has 1 aliphatic rings. The van der Waals surface area contributed by atoms with E-state index in [-0.39, 0.29) is 0 Å². The molecule has 3 rings (SSSR count). The predicted molar refractivity (Wildman–Crippen MR) is 115 cm³/mol. The van der Waals surface area contributed by atoms with Crippen LogP contribution in [-0.2, 0) is 13.1 Å². The molecule has 2 N–H and O–H groups in total. The van der Waals surface area contributed by atoms with Crippen LogP contribution < -0.4 is 10.6 Å². The molecule has 1 saturated heterocycles. The van der Waals surface area contributed by atoms with E-state index in [1.807, 2.05) is 30.2 Å². The lowest BCUT2D eigenvalue weighted by Gasteiger charge is -2.29. The quantitative estimate of drug-likeness (QED) is 0.544. The van der Waals surface area contributed by atoms with Gasteiger partial charge in [-0.3, -0.25) is 9.67 Å². The SMILES string of the molecule is CN=C(NCc1ccccc1Cn1cccn1)NCC(C)CN1CCCCC1. The average molecular weight is 383 g/mol. The van der Waals surface area contributed by atoms with Crippen molar-refractivity contribution < 1.29 is 0 Å². The van der Waals surface area contributed by atoms with Gasteiger partial charge in [-0.15, -0.1) is 0 Å². The molecular formula is C22H34N6. The summed E-state index contributed by atoms with van der Waals surface area (Å²) in [5.41, 5.74) is 2.54. The standard InChI is InChI=1S/C22H34N6/c1-19(17-27-12-6-3-7-13-27)15-24-22(23-2)25-16-20-9-4-5-10-21(20)18-28-14-8-11-26-28/h4-5,8-11,14,19H,3,6-7,12-13,15-18H2,1-2H3,(H2,23,24,25). The maximum Gasteiger partial charge on any atom is 0.191 e. The molecule has 0 radical (unpaired) electrons. The van der Waals surface area contributed by atoms with Gasteiger partial charge in [-0.1, -0.05) is 37.6 Å². The second-order valence-corrected chi connectivity index (χ2v) is 7.75. The number of benzene rings is 1. The lowest BCUT2D eigenvalue weighted by atomic mass is 10.1. The van der Waals surface area contributed by atoms with Gasteiger partial charge in [-0.25, -0.2) is 0 Å². The van der Waals surface area contributed by atoms with Crippen molar-refractivity contribution in [1.82, 2.24) is 25.3 Å². The van der Waals surface area contributed by atoms with Crippen LogP contribution in [0.3, 0.4) is 0 Å². The Labute approximate surface area is 169 Å². The van der Waals surface area contributed by atoms with Crippen molar-refractivity contribution in [2.75, 3.05) is 33.2 Å². The molecule has 0 bridgehead atoms. The molecule has 2 aromatic rings. The molecule has 6 nitrogen and oxygen atoms in total. The molecule has 1 aromatic heterocycles. The highest BCUT2D eigenvalue weighted by Crippen LogP contribution is 2.11. The van der Waals surface area contributed by atoms with E-state index < -0.39 is 0 Å². The Morgan fingerprint density at radius 3 is 2.61 bits per heavy atom. The van der Waals surface area contributed by atoms with E-state index in [0.717, 1.165) is 32.1 Å². The van der Waals surface area contributed by atoms with Gasteiger partial charge in [0.2, 0.25) is 0 Å². The van der Waals surface area contributed by atoms with Crippen molar-refractivity contribution in [3.05, 3.63) is 53.9 Å². The minimum atomic E-state index is 0.601. The van der Waals surface area contributed by atoms with Crippen LogP contribution in [0.4, 0.5) is 0 Å². The summed E-state index contributed by atoms with van der Waals surface area (Å²) in [6.45, 7) is 8.45. The summed E-state index contributed by atoms with van der Waals surface area (Å²) in [5.74, 6) is 1.46. The third-order valence-corrected chi connectivity index (χ3v) is 5.32. The van der Waals surface area contributed by atoms with Crippen LogP contribution in [-0.4, -0.2) is 53.9 Å². The Kier molecular flexibility index (Phi) is 7.91. The highest BCUT2D eigenvalue weighted by molar-refractivity contribution is 5.79. The number of nitrogens with one attached hydrogen (secondary N) is 2. The van der Waals surface area contributed by atoms with Crippen LogP contribution in [0.1, 0.15) is 37.3 Å². The molecule has 1 atom stereocenters. The van der Waals surface area contributed by atoms with Crippen LogP contribution in [0.15, 0.2) is 47.7 Å². The van der Waals surface area contributed by atoms with E-state index in [2.05, 4.69) is 56.8 Å². The van der Waals surface area contributed by atoms with Crippen molar-refractivity contribution in [3.63, 3.8) is 0 Å². The molecule has 1 unspecified atom stereocenters. The Morgan fingerprint density at radius 2 is 1.89 bits per heavy atom. The summed E-state index contributed by atoms with van der Waals surface area (Å²) in [4.78, 5) is 6.99. The number of rotatable bonds is 8. The van der Waals surface area contributed by atoms with E-state index in [4.69, 9.17) is 0 Å². The largest absolute Gasteiger partial charge is 0.356 e. The Hall–Kier alpha value is -2.34. The van der Waals surface area contributed by atoms with Gasteiger partial charge in [0.25, 0.3) is 0 Å². The zero-order valence-electron chi connectivity index (χ0n) is 17.3. The van der Waals surface area contributed by atoms with Crippen molar-refractivity contribution in [1.29, 1.82) is 0 Å². The van der Waals surface area contributed by atoms with Crippen molar-refractivity contribution >= 4 is 5.96 Å². The van der Waals surface area contributed by atoms with Gasteiger partial charge in [0.05, 0.1) is 6.54 Å². The highest BCUT2D eigenvalue weighted by Gasteiger charge is 2.13. The molecule has 1 aliphatic heterocycles. The van der Waals surface area contributed by atoms with E-state index in [1.165, 1.54) is 43.5 Å². The Morgan fingerprint density at radius 1 is 1.11 bits per heavy atom. The fourth-order valence-corrected chi connectivity index (χ4v) is 3.77. The molecule has 152 valence electrons. The van der Waals surface area contributed by atoms with Gasteiger partial charge in [0.1, 0.15) is 0 Å². The average Bonchev–Trinajstić information content (AvgIpc) is 3.23. The first kappa shape index (κ1) is 20.4. The van der Waals surface area contributed by atoms with Crippen molar-refractivity contribution in [2.24, 2.45) is 10.9 Å². The smallest absolute Gasteiger partial charge is 0.191 e. The minimum absolute atomic E-state index is 0.601. The normalized spacial score (nSPS) is 16.7. The molecular weight excluding hydrogens is 348 g/mol. The number of nitrogens with zero attached hydrogens (tertiary/aromatic N) is 4. The van der Waals surface area contributed by atoms with Gasteiger partial charge >= 0.3 is 0 Å². The molecule has 28 heavy (non-hydrogen) atoms. The molecule has 0 amide bonds. The maximum atomic E-state index is 4.39. The number of aliphatic imine (C=N–C) groups is 1. The van der Waals surface area contributed by atoms with E-state index in [0.29, 0.717) is 5.92 Å². The molecule has 1 aromatic carbocycles. The number of guanidine groups is 1. The first-order chi connectivity index (χ1) is 13.7. The molecule has 6 heteroatoms. The summed E-state index contributed by atoms with van der Waals surface area (Å²) >= 11 is 0. The van der Waals surface area contributed by atoms with E-state index >= 15 is 0 Å². The lowest BCUT2D eigenvalue weighted by Crippen LogP contribution is -2.42. The van der Waals surface area contributed by atoms with Crippen LogP contribution in [0.5, 0.6) is 0 Å². The topological polar surface area (TPSA) is 57.5 Å². The third-order valence-electron chi connectivity index (χ3n) is 5.32. The number of likely N-dealkylation sites (tertiary alicyclic amines) is 1. The summed E-state index contributed by atoms with van der Waals surface area (Å²) in [6.07, 6.45) is 7.90. The number of hydrogen-bond acceptors (Lipinski definition) is 3. The molecule has 1 fully saturated rings. The Balaban J connectivity index is 1.46. The van der Waals surface area contributed by atoms with Crippen molar-refractivity contribution in [3.8, 4) is 0 Å². The zero-order valence-corrected chi connectivity index (χ0v) is 17.3. The van der Waals surface area contributed by atoms with Gasteiger partial charge in [0, 0.05) is 39.1 Å². The third kappa shape index (κ3) is 6.37. The van der Waals surface area contributed by atoms with Gasteiger partial charge in [-0.2, -0.15) is 5.10 Å². The maximum absolute atomic E-state index is 4.39. The highest BCUT2D eigenvalue weighted by atomic mass is 15.3. The second-order valence-electron chi connectivity index (χ2n) is 7.75. The monoisotopic (exact) mass is 382 g/mol. The zero-order chi connectivity index (χ0) is 19.6. The van der Waals surface area contributed by atoms with E-state index in [9.17, 15) is 0 Å². The molecule has 0 spiro atoms. The molecule has 0 saturated carbocycles. The Bertz CT molecular complexity index is 718. The fraction of sp³-hybridized carbons (Fsp3) is 0.545. The van der Waals surface area contributed by atoms with E-state index in [1.54, 1.807) is 0 Å². The summed E-state index contributed by atoms with van der Waals surface area (Å²) in [7, 11) is 1.83. The minimum Gasteiger partial charge on any atom is -0.356 e. The first-order valence-corrected chi connectivity index (χ1v) is 10.5. The number of piperidine rings is 1. The van der Waals surface area contributed by atoms with Gasteiger partial charge in [0.15, 0.2) is 5.96 Å². The molecule has 0 aliphatic carbocycles. The number of aromatic nitrogens is 2. The van der Waals surface area contributed by atoms with Crippen molar-refractivity contribution in [2.45, 2.75) is 39.3 Å². The summed E-state index contributed by atoms with van der Waals surface area (Å²) < 4.78 is 1.95. The van der Waals surface area contributed by atoms with Crippen LogP contribution in [0.2, 0.25) is 0 Å². The second kappa shape index (κ2) is 10.9. The van der Waals surface area contributed by atoms with Gasteiger partial charge < -0.3 is 15.5 Å². The van der Waals surface area contributed by atoms with Crippen LogP contribution >= 0.6 is 0 Å². The summed E-state index contributed by atoms with van der Waals surface area (Å²) in [5, 5.41) is 11.3. The number of hydrogen-bond donors (Lipinski definition) is 2. The fourth-order valence-electron chi connectivity index (χ4n) is 3.77. The summed E-state index contributed by atoms with van der Waals surface area (Å²) in [6, 6.07) is 10.4. The molecule has 2 heterocycles. The lowest BCUT2D eigenvalue weighted by molar-refractivity contribution is 0.201. The van der Waals surface area contributed by atoms with Crippen LogP contribution in [0, 0.1) is 5.92 Å². The first-order valence-electron chi connectivity index (χ1n) is 10.5. The predicted octanol–water partition coefficient (Wildman–Crippen LogP) is 2.72. The van der Waals surface area contributed by atoms with Gasteiger partial charge in [-0.05, 0) is 49.0 Å². The van der Waals surface area contributed by atoms with Crippen LogP contribution in [0.25, 0.3) is 0 Å².